The van der Waals surface area contributed by atoms with E-state index in [1.54, 1.807) is 24.3 Å². The number of aromatic amines is 1. The van der Waals surface area contributed by atoms with Crippen molar-refractivity contribution in [2.24, 2.45) is 0 Å². The summed E-state index contributed by atoms with van der Waals surface area (Å²) in [6, 6.07) is 6.72. The molecule has 134 valence electrons. The molecule has 0 radical (unpaired) electrons. The van der Waals surface area contributed by atoms with Crippen LogP contribution in [-0.2, 0) is 16.1 Å². The first-order valence-electron chi connectivity index (χ1n) is 8.19. The largest absolute Gasteiger partial charge is 0.481 e. The Kier molecular flexibility index (Phi) is 6.50. The topological polar surface area (TPSA) is 121 Å². The Morgan fingerprint density at radius 3 is 2.60 bits per heavy atom. The van der Waals surface area contributed by atoms with Crippen LogP contribution in [0.4, 0.5) is 0 Å². The van der Waals surface area contributed by atoms with Crippen molar-refractivity contribution in [2.75, 3.05) is 6.54 Å². The van der Waals surface area contributed by atoms with Gasteiger partial charge >= 0.3 is 11.7 Å². The first-order valence-corrected chi connectivity index (χ1v) is 8.19. The van der Waals surface area contributed by atoms with E-state index in [0.717, 1.165) is 11.0 Å². The molecule has 0 bridgehead atoms. The van der Waals surface area contributed by atoms with E-state index in [-0.39, 0.29) is 25.3 Å². The summed E-state index contributed by atoms with van der Waals surface area (Å²) in [5.41, 5.74) is -0.481. The number of para-hydroxylation sites is 1. The maximum absolute atomic E-state index is 12.3. The van der Waals surface area contributed by atoms with Gasteiger partial charge in [0.25, 0.3) is 5.56 Å². The van der Waals surface area contributed by atoms with Crippen molar-refractivity contribution in [2.45, 2.75) is 38.6 Å². The monoisotopic (exact) mass is 347 g/mol. The Labute approximate surface area is 143 Å². The second kappa shape index (κ2) is 8.81. The minimum absolute atomic E-state index is 0.00382. The number of carboxylic acids is 1. The number of H-pyrrole nitrogens is 1. The number of nitrogens with one attached hydrogen (secondary N) is 2. The number of benzene rings is 1. The Balaban J connectivity index is 1.84. The zero-order valence-electron chi connectivity index (χ0n) is 13.8. The molecule has 0 aliphatic rings. The highest BCUT2D eigenvalue weighted by molar-refractivity contribution is 5.77. The number of aromatic nitrogens is 2. The molecule has 0 unspecified atom stereocenters. The second-order valence-electron chi connectivity index (χ2n) is 5.74. The number of nitrogens with zero attached hydrogens (tertiary/aromatic N) is 1. The maximum Gasteiger partial charge on any atom is 0.328 e. The smallest absolute Gasteiger partial charge is 0.328 e. The SMILES string of the molecule is O=C(O)CCCCCNC(=O)CCn1c(=O)[nH]c2ccccc2c1=O. The van der Waals surface area contributed by atoms with Gasteiger partial charge in [-0.3, -0.25) is 19.0 Å². The van der Waals surface area contributed by atoms with Crippen molar-refractivity contribution in [1.82, 2.24) is 14.9 Å². The fourth-order valence-corrected chi connectivity index (χ4v) is 2.51. The number of carbonyl (C=O) groups excluding carboxylic acids is 1. The Morgan fingerprint density at radius 2 is 1.84 bits per heavy atom. The molecule has 8 heteroatoms. The standard InChI is InChI=1S/C17H21N3O5/c21-14(18-10-5-1-2-8-15(22)23)9-11-20-16(24)12-6-3-4-7-13(12)19-17(20)25/h3-4,6-7H,1-2,5,8-11H2,(H,18,21)(H,19,25)(H,22,23). The van der Waals surface area contributed by atoms with Crippen LogP contribution in [0.3, 0.4) is 0 Å². The van der Waals surface area contributed by atoms with Crippen molar-refractivity contribution in [3.8, 4) is 0 Å². The normalized spacial score (nSPS) is 10.7. The molecule has 0 aliphatic carbocycles. The Hall–Kier alpha value is -2.90. The van der Waals surface area contributed by atoms with E-state index in [2.05, 4.69) is 10.3 Å². The molecule has 2 rings (SSSR count). The lowest BCUT2D eigenvalue weighted by molar-refractivity contribution is -0.137. The molecule has 3 N–H and O–H groups in total. The number of carboxylic acid groups (broad SMARTS) is 1. The van der Waals surface area contributed by atoms with Crippen LogP contribution in [0.2, 0.25) is 0 Å². The molecule has 0 saturated carbocycles. The van der Waals surface area contributed by atoms with Crippen LogP contribution in [0.15, 0.2) is 33.9 Å². The van der Waals surface area contributed by atoms with Gasteiger partial charge in [0, 0.05) is 25.9 Å². The van der Waals surface area contributed by atoms with E-state index in [0.29, 0.717) is 30.3 Å². The van der Waals surface area contributed by atoms with E-state index in [1.165, 1.54) is 0 Å². The predicted octanol–water partition coefficient (Wildman–Crippen LogP) is 0.841. The average Bonchev–Trinajstić information content (AvgIpc) is 2.57. The van der Waals surface area contributed by atoms with Gasteiger partial charge in [0.15, 0.2) is 0 Å². The molecule has 1 heterocycles. The number of rotatable bonds is 9. The number of fused-ring (bicyclic) bond motifs is 1. The number of hydrogen-bond donors (Lipinski definition) is 3. The van der Waals surface area contributed by atoms with E-state index in [1.807, 2.05) is 0 Å². The average molecular weight is 347 g/mol. The van der Waals surface area contributed by atoms with Crippen molar-refractivity contribution >= 4 is 22.8 Å². The molecule has 0 spiro atoms. The van der Waals surface area contributed by atoms with Crippen LogP contribution in [0.5, 0.6) is 0 Å². The summed E-state index contributed by atoms with van der Waals surface area (Å²) in [4.78, 5) is 49.1. The third kappa shape index (κ3) is 5.30. The lowest BCUT2D eigenvalue weighted by Crippen LogP contribution is -2.36. The minimum Gasteiger partial charge on any atom is -0.481 e. The lowest BCUT2D eigenvalue weighted by Gasteiger charge is -2.07. The predicted molar refractivity (Wildman–Crippen MR) is 92.6 cm³/mol. The van der Waals surface area contributed by atoms with Gasteiger partial charge in [0.2, 0.25) is 5.91 Å². The van der Waals surface area contributed by atoms with Gasteiger partial charge in [-0.1, -0.05) is 18.6 Å². The van der Waals surface area contributed by atoms with Gasteiger partial charge in [-0.25, -0.2) is 4.79 Å². The lowest BCUT2D eigenvalue weighted by atomic mass is 10.2. The zero-order chi connectivity index (χ0) is 18.2. The molecule has 1 aromatic carbocycles. The number of amides is 1. The highest BCUT2D eigenvalue weighted by atomic mass is 16.4. The molecular formula is C17H21N3O5. The van der Waals surface area contributed by atoms with Crippen LogP contribution < -0.4 is 16.6 Å². The van der Waals surface area contributed by atoms with Crippen LogP contribution in [-0.4, -0.2) is 33.1 Å². The van der Waals surface area contributed by atoms with Gasteiger partial charge in [-0.05, 0) is 25.0 Å². The molecule has 1 aromatic heterocycles. The fourth-order valence-electron chi connectivity index (χ4n) is 2.51. The quantitative estimate of drug-likeness (QED) is 0.580. The number of unbranched alkanes of at least 4 members (excludes halogenated alkanes) is 2. The van der Waals surface area contributed by atoms with Gasteiger partial charge in [-0.15, -0.1) is 0 Å². The Bertz CT molecular complexity index is 868. The van der Waals surface area contributed by atoms with Gasteiger partial charge in [0.05, 0.1) is 10.9 Å². The summed E-state index contributed by atoms with van der Waals surface area (Å²) in [6.45, 7) is 0.450. The van der Waals surface area contributed by atoms with E-state index in [4.69, 9.17) is 5.11 Å². The van der Waals surface area contributed by atoms with E-state index in [9.17, 15) is 19.2 Å². The summed E-state index contributed by atoms with van der Waals surface area (Å²) >= 11 is 0. The van der Waals surface area contributed by atoms with Crippen molar-refractivity contribution in [3.05, 3.63) is 45.1 Å². The fraction of sp³-hybridized carbons (Fsp3) is 0.412. The molecule has 0 saturated heterocycles. The highest BCUT2D eigenvalue weighted by Crippen LogP contribution is 2.03. The molecule has 8 nitrogen and oxygen atoms in total. The number of aliphatic carboxylic acids is 1. The van der Waals surface area contributed by atoms with Crippen molar-refractivity contribution < 1.29 is 14.7 Å². The summed E-state index contributed by atoms with van der Waals surface area (Å²) < 4.78 is 1.02. The van der Waals surface area contributed by atoms with Gasteiger partial charge in [-0.2, -0.15) is 0 Å². The van der Waals surface area contributed by atoms with Crippen LogP contribution in [0.25, 0.3) is 10.9 Å². The summed E-state index contributed by atoms with van der Waals surface area (Å²) in [6.07, 6.45) is 2.14. The molecule has 0 atom stereocenters. The molecule has 2 aromatic rings. The van der Waals surface area contributed by atoms with Crippen LogP contribution in [0.1, 0.15) is 32.1 Å². The Morgan fingerprint density at radius 1 is 1.08 bits per heavy atom. The maximum atomic E-state index is 12.3. The first kappa shape index (κ1) is 18.4. The third-order valence-electron chi connectivity index (χ3n) is 3.84. The van der Waals surface area contributed by atoms with Crippen molar-refractivity contribution in [3.63, 3.8) is 0 Å². The van der Waals surface area contributed by atoms with Crippen LogP contribution in [0, 0.1) is 0 Å². The summed E-state index contributed by atoms with van der Waals surface area (Å²) in [5.74, 6) is -1.08. The number of hydrogen-bond acceptors (Lipinski definition) is 4. The van der Waals surface area contributed by atoms with Gasteiger partial charge < -0.3 is 15.4 Å². The van der Waals surface area contributed by atoms with Crippen LogP contribution >= 0.6 is 0 Å². The van der Waals surface area contributed by atoms with Gasteiger partial charge in [0.1, 0.15) is 0 Å². The molecule has 1 amide bonds. The minimum atomic E-state index is -0.824. The van der Waals surface area contributed by atoms with E-state index >= 15 is 0 Å². The highest BCUT2D eigenvalue weighted by Gasteiger charge is 2.09. The summed E-state index contributed by atoms with van der Waals surface area (Å²) in [7, 11) is 0. The summed E-state index contributed by atoms with van der Waals surface area (Å²) in [5, 5.41) is 11.6. The first-order chi connectivity index (χ1) is 12.0. The molecule has 0 fully saturated rings. The van der Waals surface area contributed by atoms with Crippen molar-refractivity contribution in [1.29, 1.82) is 0 Å². The molecule has 25 heavy (non-hydrogen) atoms. The van der Waals surface area contributed by atoms with E-state index < -0.39 is 17.2 Å². The third-order valence-corrected chi connectivity index (χ3v) is 3.84. The zero-order valence-corrected chi connectivity index (χ0v) is 13.8. The molecule has 0 aliphatic heterocycles. The number of carbonyl (C=O) groups is 2. The second-order valence-corrected chi connectivity index (χ2v) is 5.74. The molecular weight excluding hydrogens is 326 g/mol.